The molecule has 2 N–H and O–H groups in total. The highest BCUT2D eigenvalue weighted by Crippen LogP contribution is 2.28. The first-order valence-electron chi connectivity index (χ1n) is 9.51. The van der Waals surface area contributed by atoms with Crippen LogP contribution >= 0.6 is 0 Å². The Kier molecular flexibility index (Phi) is 6.84. The summed E-state index contributed by atoms with van der Waals surface area (Å²) in [7, 11) is 3.04. The van der Waals surface area contributed by atoms with Gasteiger partial charge in [-0.05, 0) is 29.8 Å². The van der Waals surface area contributed by atoms with Crippen molar-refractivity contribution < 1.29 is 23.9 Å². The molecule has 3 rings (SSSR count). The van der Waals surface area contributed by atoms with E-state index in [1.807, 2.05) is 18.2 Å². The van der Waals surface area contributed by atoms with E-state index in [0.29, 0.717) is 30.0 Å². The first-order valence-corrected chi connectivity index (χ1v) is 9.51. The average molecular weight is 412 g/mol. The minimum Gasteiger partial charge on any atom is -0.493 e. The van der Waals surface area contributed by atoms with Crippen LogP contribution in [0.1, 0.15) is 17.7 Å². The van der Waals surface area contributed by atoms with Crippen LogP contribution in [0.4, 0.5) is 4.79 Å². The third kappa shape index (κ3) is 5.05. The number of methoxy groups -OCH3 is 2. The van der Waals surface area contributed by atoms with Gasteiger partial charge in [0.25, 0.3) is 5.91 Å². The summed E-state index contributed by atoms with van der Waals surface area (Å²) in [6.07, 6.45) is 2.16. The predicted molar refractivity (Wildman–Crippen MR) is 108 cm³/mol. The van der Waals surface area contributed by atoms with E-state index in [0.717, 1.165) is 10.6 Å². The molecule has 0 saturated carbocycles. The molecule has 1 saturated heterocycles. The minimum absolute atomic E-state index is 0.0722. The fourth-order valence-electron chi connectivity index (χ4n) is 3.16. The van der Waals surface area contributed by atoms with E-state index < -0.39 is 18.0 Å². The number of hydrogen-bond acceptors (Lipinski definition) is 6. The van der Waals surface area contributed by atoms with Gasteiger partial charge in [0.2, 0.25) is 5.91 Å². The Morgan fingerprint density at radius 2 is 1.97 bits per heavy atom. The van der Waals surface area contributed by atoms with E-state index in [2.05, 4.69) is 15.6 Å². The van der Waals surface area contributed by atoms with Crippen LogP contribution in [0.3, 0.4) is 0 Å². The quantitative estimate of drug-likeness (QED) is 0.600. The van der Waals surface area contributed by atoms with Gasteiger partial charge in [-0.15, -0.1) is 0 Å². The number of aromatic nitrogens is 1. The molecule has 9 nitrogen and oxygen atoms in total. The molecule has 0 bridgehead atoms. The molecule has 1 aliphatic heterocycles. The molecule has 0 spiro atoms. The lowest BCUT2D eigenvalue weighted by molar-refractivity contribution is -0.131. The summed E-state index contributed by atoms with van der Waals surface area (Å²) in [6.45, 7) is 0.475. The lowest BCUT2D eigenvalue weighted by Gasteiger charge is -2.15. The van der Waals surface area contributed by atoms with E-state index >= 15 is 0 Å². The number of imide groups is 1. The van der Waals surface area contributed by atoms with Crippen molar-refractivity contribution in [1.29, 1.82) is 0 Å². The summed E-state index contributed by atoms with van der Waals surface area (Å²) in [4.78, 5) is 42.3. The summed E-state index contributed by atoms with van der Waals surface area (Å²) >= 11 is 0. The molecule has 1 atom stereocenters. The molecular formula is C21H24N4O5. The Hall–Kier alpha value is -3.62. The van der Waals surface area contributed by atoms with Crippen LogP contribution in [0.15, 0.2) is 42.6 Å². The van der Waals surface area contributed by atoms with Gasteiger partial charge < -0.3 is 20.1 Å². The normalized spacial score (nSPS) is 15.7. The highest BCUT2D eigenvalue weighted by atomic mass is 16.5. The van der Waals surface area contributed by atoms with E-state index in [4.69, 9.17) is 9.47 Å². The van der Waals surface area contributed by atoms with Crippen molar-refractivity contribution >= 4 is 17.8 Å². The molecule has 2 aromatic rings. The SMILES string of the molecule is COc1ccc(CN2C(=O)N[C@@H](CC(=O)NCCc3ccccn3)C2=O)cc1OC. The Balaban J connectivity index is 1.53. The van der Waals surface area contributed by atoms with Crippen molar-refractivity contribution in [3.63, 3.8) is 0 Å². The number of ether oxygens (including phenoxy) is 2. The summed E-state index contributed by atoms with van der Waals surface area (Å²) in [5, 5.41) is 5.33. The standard InChI is InChI=1S/C21H24N4O5/c1-29-17-7-6-14(11-18(17)30-2)13-25-20(27)16(24-21(25)28)12-19(26)23-10-8-15-5-3-4-9-22-15/h3-7,9,11,16H,8,10,12-13H2,1-2H3,(H,23,26)(H,24,28)/t16-/m0/s1. The molecule has 1 aliphatic rings. The van der Waals surface area contributed by atoms with Gasteiger partial charge in [-0.2, -0.15) is 0 Å². The summed E-state index contributed by atoms with van der Waals surface area (Å²) in [6, 6.07) is 9.33. The molecule has 9 heteroatoms. The molecule has 0 unspecified atom stereocenters. The lowest BCUT2D eigenvalue weighted by Crippen LogP contribution is -2.37. The van der Waals surface area contributed by atoms with Crippen LogP contribution in [0, 0.1) is 0 Å². The summed E-state index contributed by atoms with van der Waals surface area (Å²) < 4.78 is 10.4. The van der Waals surface area contributed by atoms with Crippen LogP contribution in [0.5, 0.6) is 11.5 Å². The molecule has 0 radical (unpaired) electrons. The summed E-state index contributed by atoms with van der Waals surface area (Å²) in [5.41, 5.74) is 1.57. The van der Waals surface area contributed by atoms with Gasteiger partial charge in [-0.3, -0.25) is 19.5 Å². The number of rotatable bonds is 9. The molecule has 2 heterocycles. The smallest absolute Gasteiger partial charge is 0.325 e. The molecule has 30 heavy (non-hydrogen) atoms. The summed E-state index contributed by atoms with van der Waals surface area (Å²) in [5.74, 6) is 0.316. The Bertz CT molecular complexity index is 919. The second-order valence-electron chi connectivity index (χ2n) is 6.74. The molecule has 158 valence electrons. The van der Waals surface area contributed by atoms with Gasteiger partial charge in [0.15, 0.2) is 11.5 Å². The fourth-order valence-corrected chi connectivity index (χ4v) is 3.16. The van der Waals surface area contributed by atoms with E-state index in [1.54, 1.807) is 24.4 Å². The fraction of sp³-hybridized carbons (Fsp3) is 0.333. The largest absolute Gasteiger partial charge is 0.493 e. The average Bonchev–Trinajstić information content (AvgIpc) is 3.01. The maximum absolute atomic E-state index is 12.6. The number of carbonyl (C=O) groups is 3. The molecular weight excluding hydrogens is 388 g/mol. The number of hydrogen-bond donors (Lipinski definition) is 2. The van der Waals surface area contributed by atoms with Crippen LogP contribution in [0.25, 0.3) is 0 Å². The topological polar surface area (TPSA) is 110 Å². The first kappa shape index (κ1) is 21.1. The van der Waals surface area contributed by atoms with Gasteiger partial charge in [-0.25, -0.2) is 4.79 Å². The predicted octanol–water partition coefficient (Wildman–Crippen LogP) is 1.27. The highest BCUT2D eigenvalue weighted by molar-refractivity contribution is 6.05. The van der Waals surface area contributed by atoms with Crippen molar-refractivity contribution in [2.45, 2.75) is 25.4 Å². The number of nitrogens with zero attached hydrogens (tertiary/aromatic N) is 2. The molecule has 1 aromatic heterocycles. The Morgan fingerprint density at radius 1 is 1.17 bits per heavy atom. The second kappa shape index (κ2) is 9.73. The zero-order valence-electron chi connectivity index (χ0n) is 16.9. The molecule has 4 amide bonds. The molecule has 1 fully saturated rings. The maximum Gasteiger partial charge on any atom is 0.325 e. The van der Waals surface area contributed by atoms with Crippen LogP contribution in [-0.4, -0.2) is 54.5 Å². The van der Waals surface area contributed by atoms with Gasteiger partial charge in [0.1, 0.15) is 6.04 Å². The number of pyridine rings is 1. The molecule has 1 aromatic carbocycles. The highest BCUT2D eigenvalue weighted by Gasteiger charge is 2.39. The van der Waals surface area contributed by atoms with Crippen LogP contribution in [-0.2, 0) is 22.6 Å². The third-order valence-electron chi connectivity index (χ3n) is 4.71. The van der Waals surface area contributed by atoms with Crippen molar-refractivity contribution in [2.24, 2.45) is 0 Å². The van der Waals surface area contributed by atoms with Crippen LogP contribution in [0.2, 0.25) is 0 Å². The van der Waals surface area contributed by atoms with E-state index in [-0.39, 0.29) is 18.9 Å². The minimum atomic E-state index is -0.882. The maximum atomic E-state index is 12.6. The molecule has 0 aliphatic carbocycles. The second-order valence-corrected chi connectivity index (χ2v) is 6.74. The van der Waals surface area contributed by atoms with Gasteiger partial charge in [0, 0.05) is 24.9 Å². The number of nitrogens with one attached hydrogen (secondary N) is 2. The van der Waals surface area contributed by atoms with E-state index in [1.165, 1.54) is 14.2 Å². The van der Waals surface area contributed by atoms with Gasteiger partial charge >= 0.3 is 6.03 Å². The number of urea groups is 1. The van der Waals surface area contributed by atoms with Crippen molar-refractivity contribution in [2.75, 3.05) is 20.8 Å². The van der Waals surface area contributed by atoms with Gasteiger partial charge in [0.05, 0.1) is 27.2 Å². The zero-order chi connectivity index (χ0) is 21.5. The van der Waals surface area contributed by atoms with Crippen molar-refractivity contribution in [3.05, 3.63) is 53.9 Å². The third-order valence-corrected chi connectivity index (χ3v) is 4.71. The number of benzene rings is 1. The first-order chi connectivity index (χ1) is 14.5. The Labute approximate surface area is 174 Å². The number of amides is 4. The number of carbonyl (C=O) groups excluding carboxylic acids is 3. The van der Waals surface area contributed by atoms with Crippen molar-refractivity contribution in [3.8, 4) is 11.5 Å². The van der Waals surface area contributed by atoms with Crippen LogP contribution < -0.4 is 20.1 Å². The lowest BCUT2D eigenvalue weighted by atomic mass is 10.1. The van der Waals surface area contributed by atoms with E-state index in [9.17, 15) is 14.4 Å². The monoisotopic (exact) mass is 412 g/mol. The van der Waals surface area contributed by atoms with Gasteiger partial charge in [-0.1, -0.05) is 12.1 Å². The zero-order valence-corrected chi connectivity index (χ0v) is 16.9. The van der Waals surface area contributed by atoms with Crippen molar-refractivity contribution in [1.82, 2.24) is 20.5 Å². The Morgan fingerprint density at radius 3 is 2.67 bits per heavy atom.